The van der Waals surface area contributed by atoms with E-state index in [0.29, 0.717) is 12.0 Å². The van der Waals surface area contributed by atoms with Gasteiger partial charge in [-0.2, -0.15) is 0 Å². The van der Waals surface area contributed by atoms with Gasteiger partial charge in [-0.25, -0.2) is 0 Å². The predicted octanol–water partition coefficient (Wildman–Crippen LogP) is 2.71. The van der Waals surface area contributed by atoms with Gasteiger partial charge in [-0.15, -0.1) is 24.0 Å². The van der Waals surface area contributed by atoms with E-state index < -0.39 is 0 Å². The van der Waals surface area contributed by atoms with Gasteiger partial charge in [-0.3, -0.25) is 9.89 Å². The van der Waals surface area contributed by atoms with Gasteiger partial charge in [-0.05, 0) is 31.6 Å². The highest BCUT2D eigenvalue weighted by molar-refractivity contribution is 14.0. The Kier molecular flexibility index (Phi) is 11.3. The molecular weight excluding hydrogens is 415 g/mol. The second-order valence-electron chi connectivity index (χ2n) is 7.35. The van der Waals surface area contributed by atoms with Crippen LogP contribution in [-0.2, 0) is 4.74 Å². The number of rotatable bonds is 6. The number of hydrogen-bond acceptors (Lipinski definition) is 3. The maximum atomic E-state index is 5.42. The second-order valence-corrected chi connectivity index (χ2v) is 7.35. The highest BCUT2D eigenvalue weighted by Gasteiger charge is 2.20. The van der Waals surface area contributed by atoms with Gasteiger partial charge in [0.25, 0.3) is 0 Å². The number of morpholine rings is 1. The average molecular weight is 452 g/mol. The SMILES string of the molecule is CCNC(=NCC(C)CN1CCOCC1)NC1CCCC(C)C1.I. The number of nitrogens with zero attached hydrogens (tertiary/aromatic N) is 2. The van der Waals surface area contributed by atoms with E-state index in [4.69, 9.17) is 9.73 Å². The smallest absolute Gasteiger partial charge is 0.191 e. The number of aliphatic imine (C=N–C) groups is 1. The molecular formula is C18H37IN4O. The molecule has 0 amide bonds. The van der Waals surface area contributed by atoms with Gasteiger partial charge in [0.2, 0.25) is 0 Å². The van der Waals surface area contributed by atoms with Crippen LogP contribution in [0, 0.1) is 11.8 Å². The first-order chi connectivity index (χ1) is 11.2. The Balaban J connectivity index is 0.00000288. The van der Waals surface area contributed by atoms with Gasteiger partial charge >= 0.3 is 0 Å². The monoisotopic (exact) mass is 452 g/mol. The number of hydrogen-bond donors (Lipinski definition) is 2. The fourth-order valence-corrected chi connectivity index (χ4v) is 3.61. The zero-order valence-corrected chi connectivity index (χ0v) is 18.1. The molecule has 1 saturated heterocycles. The third-order valence-corrected chi connectivity index (χ3v) is 4.86. The maximum Gasteiger partial charge on any atom is 0.191 e. The number of halogens is 1. The summed E-state index contributed by atoms with van der Waals surface area (Å²) in [7, 11) is 0. The van der Waals surface area contributed by atoms with Crippen molar-refractivity contribution in [2.24, 2.45) is 16.8 Å². The van der Waals surface area contributed by atoms with Gasteiger partial charge in [0.15, 0.2) is 5.96 Å². The van der Waals surface area contributed by atoms with Crippen LogP contribution in [0.1, 0.15) is 46.5 Å². The van der Waals surface area contributed by atoms with Crippen molar-refractivity contribution in [1.82, 2.24) is 15.5 Å². The molecule has 2 N–H and O–H groups in total. The van der Waals surface area contributed by atoms with Crippen LogP contribution in [0.15, 0.2) is 4.99 Å². The fourth-order valence-electron chi connectivity index (χ4n) is 3.61. The summed E-state index contributed by atoms with van der Waals surface area (Å²) < 4.78 is 5.42. The molecule has 6 heteroatoms. The highest BCUT2D eigenvalue weighted by Crippen LogP contribution is 2.23. The van der Waals surface area contributed by atoms with Crippen LogP contribution in [0.2, 0.25) is 0 Å². The van der Waals surface area contributed by atoms with Crippen LogP contribution in [0.5, 0.6) is 0 Å². The largest absolute Gasteiger partial charge is 0.379 e. The summed E-state index contributed by atoms with van der Waals surface area (Å²) in [6.07, 6.45) is 5.26. The Labute approximate surface area is 165 Å². The Bertz CT molecular complexity index is 361. The summed E-state index contributed by atoms with van der Waals surface area (Å²) in [5.41, 5.74) is 0. The van der Waals surface area contributed by atoms with E-state index >= 15 is 0 Å². The zero-order valence-electron chi connectivity index (χ0n) is 15.7. The lowest BCUT2D eigenvalue weighted by atomic mass is 9.87. The van der Waals surface area contributed by atoms with Crippen LogP contribution in [-0.4, -0.2) is 62.8 Å². The third-order valence-electron chi connectivity index (χ3n) is 4.86. The van der Waals surface area contributed by atoms with E-state index in [0.717, 1.165) is 57.8 Å². The molecule has 1 aliphatic carbocycles. The van der Waals surface area contributed by atoms with Crippen molar-refractivity contribution in [2.45, 2.75) is 52.5 Å². The van der Waals surface area contributed by atoms with Gasteiger partial charge in [0.05, 0.1) is 13.2 Å². The van der Waals surface area contributed by atoms with Crippen molar-refractivity contribution < 1.29 is 4.74 Å². The molecule has 1 aliphatic heterocycles. The Morgan fingerprint density at radius 2 is 2.04 bits per heavy atom. The number of guanidine groups is 1. The molecule has 1 heterocycles. The van der Waals surface area contributed by atoms with E-state index in [1.807, 2.05) is 0 Å². The van der Waals surface area contributed by atoms with Crippen molar-refractivity contribution in [2.75, 3.05) is 45.9 Å². The molecule has 5 nitrogen and oxygen atoms in total. The van der Waals surface area contributed by atoms with Gasteiger partial charge in [0, 0.05) is 38.8 Å². The summed E-state index contributed by atoms with van der Waals surface area (Å²) in [4.78, 5) is 7.33. The summed E-state index contributed by atoms with van der Waals surface area (Å²) in [6.45, 7) is 13.6. The molecule has 1 saturated carbocycles. The van der Waals surface area contributed by atoms with Crippen LogP contribution < -0.4 is 10.6 Å². The lowest BCUT2D eigenvalue weighted by Crippen LogP contribution is -2.45. The minimum Gasteiger partial charge on any atom is -0.379 e. The summed E-state index contributed by atoms with van der Waals surface area (Å²) in [5.74, 6) is 2.42. The topological polar surface area (TPSA) is 48.9 Å². The van der Waals surface area contributed by atoms with Crippen LogP contribution >= 0.6 is 24.0 Å². The Morgan fingerprint density at radius 3 is 2.71 bits per heavy atom. The van der Waals surface area contributed by atoms with Crippen LogP contribution in [0.4, 0.5) is 0 Å². The summed E-state index contributed by atoms with van der Waals surface area (Å²) >= 11 is 0. The molecule has 0 bridgehead atoms. The first-order valence-electron chi connectivity index (χ1n) is 9.52. The summed E-state index contributed by atoms with van der Waals surface area (Å²) in [5, 5.41) is 7.06. The van der Waals surface area contributed by atoms with Crippen molar-refractivity contribution in [3.63, 3.8) is 0 Å². The van der Waals surface area contributed by atoms with Crippen molar-refractivity contribution >= 4 is 29.9 Å². The molecule has 0 spiro atoms. The highest BCUT2D eigenvalue weighted by atomic mass is 127. The Hall–Kier alpha value is -0.0800. The van der Waals surface area contributed by atoms with E-state index in [2.05, 4.69) is 36.3 Å². The molecule has 0 aromatic heterocycles. The van der Waals surface area contributed by atoms with Gasteiger partial charge in [0.1, 0.15) is 0 Å². The zero-order chi connectivity index (χ0) is 16.5. The second kappa shape index (κ2) is 12.3. The summed E-state index contributed by atoms with van der Waals surface area (Å²) in [6, 6.07) is 0.589. The molecule has 0 aromatic rings. The van der Waals surface area contributed by atoms with E-state index in [1.54, 1.807) is 0 Å². The van der Waals surface area contributed by atoms with E-state index in [-0.39, 0.29) is 24.0 Å². The molecule has 24 heavy (non-hydrogen) atoms. The number of ether oxygens (including phenoxy) is 1. The molecule has 0 aromatic carbocycles. The van der Waals surface area contributed by atoms with Crippen molar-refractivity contribution in [1.29, 1.82) is 0 Å². The first kappa shape index (κ1) is 22.0. The lowest BCUT2D eigenvalue weighted by Gasteiger charge is -2.30. The van der Waals surface area contributed by atoms with Crippen molar-refractivity contribution in [3.05, 3.63) is 0 Å². The minimum atomic E-state index is 0. The fraction of sp³-hybridized carbons (Fsp3) is 0.944. The first-order valence-corrected chi connectivity index (χ1v) is 9.52. The van der Waals surface area contributed by atoms with Gasteiger partial charge < -0.3 is 15.4 Å². The molecule has 2 fully saturated rings. The standard InChI is InChI=1S/C18H36N4O.HI/c1-4-19-18(21-17-7-5-6-15(2)12-17)20-13-16(3)14-22-8-10-23-11-9-22;/h15-17H,4-14H2,1-3H3,(H2,19,20,21);1H. The van der Waals surface area contributed by atoms with Gasteiger partial charge in [-0.1, -0.05) is 26.7 Å². The minimum absolute atomic E-state index is 0. The molecule has 142 valence electrons. The molecule has 0 radical (unpaired) electrons. The molecule has 2 rings (SSSR count). The van der Waals surface area contributed by atoms with E-state index in [1.165, 1.54) is 25.7 Å². The average Bonchev–Trinajstić information content (AvgIpc) is 2.54. The third kappa shape index (κ3) is 8.34. The van der Waals surface area contributed by atoms with E-state index in [9.17, 15) is 0 Å². The molecule has 3 atom stereocenters. The Morgan fingerprint density at radius 1 is 1.29 bits per heavy atom. The van der Waals surface area contributed by atoms with Crippen molar-refractivity contribution in [3.8, 4) is 0 Å². The maximum absolute atomic E-state index is 5.42. The molecule has 3 unspecified atom stereocenters. The molecule has 2 aliphatic rings. The quantitative estimate of drug-likeness (QED) is 0.370. The van der Waals surface area contributed by atoms with Crippen LogP contribution in [0.25, 0.3) is 0 Å². The van der Waals surface area contributed by atoms with Crippen LogP contribution in [0.3, 0.4) is 0 Å². The lowest BCUT2D eigenvalue weighted by molar-refractivity contribution is 0.0323. The number of nitrogens with one attached hydrogen (secondary N) is 2. The predicted molar refractivity (Wildman–Crippen MR) is 112 cm³/mol. The normalized spacial score (nSPS) is 27.2.